The maximum absolute atomic E-state index is 12.1. The van der Waals surface area contributed by atoms with E-state index < -0.39 is 6.10 Å². The standard InChI is InChI=1S/C21H27NO4/c1-14-4-3-9-22(11-14)12-15(23)13-25-16-7-8-18-17-5-2-6-19(17)21(24)26-20(18)10-16/h7-8,10,14-15,23H,2-6,9,11-13H2,1H3/t14-,15-/m1/s1. The van der Waals surface area contributed by atoms with E-state index in [0.29, 0.717) is 23.8 Å². The Bertz CT molecular complexity index is 844. The highest BCUT2D eigenvalue weighted by Gasteiger charge is 2.21. The summed E-state index contributed by atoms with van der Waals surface area (Å²) in [7, 11) is 0. The fourth-order valence-corrected chi connectivity index (χ4v) is 4.35. The van der Waals surface area contributed by atoms with E-state index in [0.717, 1.165) is 48.9 Å². The fraction of sp³-hybridized carbons (Fsp3) is 0.571. The van der Waals surface area contributed by atoms with Crippen molar-refractivity contribution in [1.29, 1.82) is 0 Å². The van der Waals surface area contributed by atoms with Gasteiger partial charge in [-0.3, -0.25) is 0 Å². The molecule has 1 aliphatic carbocycles. The predicted molar refractivity (Wildman–Crippen MR) is 101 cm³/mol. The van der Waals surface area contributed by atoms with Crippen molar-refractivity contribution >= 4 is 11.0 Å². The Labute approximate surface area is 153 Å². The summed E-state index contributed by atoms with van der Waals surface area (Å²) in [5, 5.41) is 11.3. The van der Waals surface area contributed by atoms with Gasteiger partial charge in [0.15, 0.2) is 0 Å². The summed E-state index contributed by atoms with van der Waals surface area (Å²) >= 11 is 0. The first-order valence-electron chi connectivity index (χ1n) is 9.72. The van der Waals surface area contributed by atoms with Crippen LogP contribution in [0.2, 0.25) is 0 Å². The maximum atomic E-state index is 12.1. The van der Waals surface area contributed by atoms with Crippen LogP contribution >= 0.6 is 0 Å². The van der Waals surface area contributed by atoms with Gasteiger partial charge >= 0.3 is 5.63 Å². The molecule has 1 fully saturated rings. The van der Waals surface area contributed by atoms with E-state index >= 15 is 0 Å². The molecule has 4 rings (SSSR count). The van der Waals surface area contributed by atoms with Gasteiger partial charge in [-0.1, -0.05) is 6.92 Å². The highest BCUT2D eigenvalue weighted by Crippen LogP contribution is 2.29. The third kappa shape index (κ3) is 3.64. The summed E-state index contributed by atoms with van der Waals surface area (Å²) in [6.45, 7) is 5.23. The lowest BCUT2D eigenvalue weighted by Gasteiger charge is -2.32. The lowest BCUT2D eigenvalue weighted by atomic mass is 10.0. The number of rotatable bonds is 5. The summed E-state index contributed by atoms with van der Waals surface area (Å²) in [4.78, 5) is 14.4. The first-order chi connectivity index (χ1) is 12.6. The monoisotopic (exact) mass is 357 g/mol. The average Bonchev–Trinajstić information content (AvgIpc) is 3.10. The summed E-state index contributed by atoms with van der Waals surface area (Å²) in [5.74, 6) is 1.33. The minimum Gasteiger partial charge on any atom is -0.491 e. The zero-order chi connectivity index (χ0) is 18.1. The molecule has 5 nitrogen and oxygen atoms in total. The van der Waals surface area contributed by atoms with Crippen LogP contribution in [0.3, 0.4) is 0 Å². The Morgan fingerprint density at radius 1 is 1.31 bits per heavy atom. The molecular formula is C21H27NO4. The molecule has 1 saturated heterocycles. The van der Waals surface area contributed by atoms with Gasteiger partial charge < -0.3 is 19.2 Å². The van der Waals surface area contributed by atoms with E-state index in [1.807, 2.05) is 12.1 Å². The second kappa shape index (κ2) is 7.41. The fourth-order valence-electron chi connectivity index (χ4n) is 4.35. The van der Waals surface area contributed by atoms with Crippen molar-refractivity contribution in [2.45, 2.75) is 45.1 Å². The average molecular weight is 357 g/mol. The summed E-state index contributed by atoms with van der Waals surface area (Å²) in [5.41, 5.74) is 2.31. The predicted octanol–water partition coefficient (Wildman–Crippen LogP) is 2.75. The smallest absolute Gasteiger partial charge is 0.339 e. The zero-order valence-corrected chi connectivity index (χ0v) is 15.4. The molecule has 2 aliphatic rings. The minimum absolute atomic E-state index is 0.221. The Balaban J connectivity index is 1.41. The van der Waals surface area contributed by atoms with Gasteiger partial charge in [-0.15, -0.1) is 0 Å². The summed E-state index contributed by atoms with van der Waals surface area (Å²) in [6.07, 6.45) is 4.71. The van der Waals surface area contributed by atoms with Crippen LogP contribution < -0.4 is 10.4 Å². The molecule has 1 aromatic heterocycles. The van der Waals surface area contributed by atoms with E-state index in [1.54, 1.807) is 6.07 Å². The number of aryl methyl sites for hydroxylation is 1. The molecule has 0 radical (unpaired) electrons. The Kier molecular flexibility index (Phi) is 5.00. The van der Waals surface area contributed by atoms with Crippen molar-refractivity contribution in [1.82, 2.24) is 4.90 Å². The van der Waals surface area contributed by atoms with E-state index in [-0.39, 0.29) is 12.2 Å². The van der Waals surface area contributed by atoms with Crippen LogP contribution in [0.1, 0.15) is 37.3 Å². The molecule has 1 N–H and O–H groups in total. The molecule has 5 heteroatoms. The van der Waals surface area contributed by atoms with Crippen molar-refractivity contribution in [2.75, 3.05) is 26.2 Å². The number of hydrogen-bond donors (Lipinski definition) is 1. The quantitative estimate of drug-likeness (QED) is 0.834. The second-order valence-electron chi connectivity index (χ2n) is 7.83. The lowest BCUT2D eigenvalue weighted by Crippen LogP contribution is -2.41. The van der Waals surface area contributed by atoms with Gasteiger partial charge in [0.1, 0.15) is 24.0 Å². The third-order valence-electron chi connectivity index (χ3n) is 5.60. The van der Waals surface area contributed by atoms with Crippen molar-refractivity contribution < 1.29 is 14.3 Å². The summed E-state index contributed by atoms with van der Waals surface area (Å²) < 4.78 is 11.2. The molecular weight excluding hydrogens is 330 g/mol. The van der Waals surface area contributed by atoms with E-state index in [2.05, 4.69) is 11.8 Å². The number of ether oxygens (including phenoxy) is 1. The van der Waals surface area contributed by atoms with Crippen LogP contribution in [0.5, 0.6) is 5.75 Å². The normalized spacial score (nSPS) is 21.7. The van der Waals surface area contributed by atoms with E-state index in [9.17, 15) is 9.90 Å². The Morgan fingerprint density at radius 2 is 2.15 bits per heavy atom. The lowest BCUT2D eigenvalue weighted by molar-refractivity contribution is 0.0537. The topological polar surface area (TPSA) is 62.9 Å². The maximum Gasteiger partial charge on any atom is 0.339 e. The molecule has 1 aromatic carbocycles. The second-order valence-corrected chi connectivity index (χ2v) is 7.83. The molecule has 0 saturated carbocycles. The molecule has 2 aromatic rings. The molecule has 140 valence electrons. The highest BCUT2D eigenvalue weighted by atomic mass is 16.5. The number of aliphatic hydroxyl groups is 1. The minimum atomic E-state index is -0.525. The van der Waals surface area contributed by atoms with Gasteiger partial charge in [0.05, 0.1) is 0 Å². The first-order valence-corrected chi connectivity index (χ1v) is 9.72. The number of fused-ring (bicyclic) bond motifs is 3. The molecule has 0 unspecified atom stereocenters. The van der Waals surface area contributed by atoms with Crippen molar-refractivity contribution in [3.05, 3.63) is 39.7 Å². The summed E-state index contributed by atoms with van der Waals surface area (Å²) in [6, 6.07) is 5.64. The number of likely N-dealkylation sites (tertiary alicyclic amines) is 1. The number of nitrogens with zero attached hydrogens (tertiary/aromatic N) is 1. The number of hydrogen-bond acceptors (Lipinski definition) is 5. The van der Waals surface area contributed by atoms with Crippen LogP contribution in [0.15, 0.2) is 27.4 Å². The number of piperidine rings is 1. The van der Waals surface area contributed by atoms with E-state index in [1.165, 1.54) is 12.8 Å². The molecule has 0 bridgehead atoms. The van der Waals surface area contributed by atoms with Crippen LogP contribution in [0.4, 0.5) is 0 Å². The van der Waals surface area contributed by atoms with Crippen LogP contribution in [0.25, 0.3) is 11.0 Å². The number of aliphatic hydroxyl groups excluding tert-OH is 1. The van der Waals surface area contributed by atoms with Crippen LogP contribution in [-0.2, 0) is 12.8 Å². The first kappa shape index (κ1) is 17.6. The number of benzene rings is 1. The molecule has 26 heavy (non-hydrogen) atoms. The van der Waals surface area contributed by atoms with Gasteiger partial charge in [-0.25, -0.2) is 4.79 Å². The van der Waals surface area contributed by atoms with Gasteiger partial charge in [0.25, 0.3) is 0 Å². The molecule has 1 aliphatic heterocycles. The highest BCUT2D eigenvalue weighted by molar-refractivity contribution is 5.83. The Hall–Kier alpha value is -1.85. The zero-order valence-electron chi connectivity index (χ0n) is 15.4. The van der Waals surface area contributed by atoms with Crippen LogP contribution in [-0.4, -0.2) is 42.4 Å². The SMILES string of the molecule is C[C@@H]1CCCN(C[C@@H](O)COc2ccc3c4c(c(=O)oc3c2)CCC4)C1. The van der Waals surface area contributed by atoms with Gasteiger partial charge in [0, 0.05) is 30.1 Å². The largest absolute Gasteiger partial charge is 0.491 e. The van der Waals surface area contributed by atoms with Gasteiger partial charge in [0.2, 0.25) is 0 Å². The molecule has 2 atom stereocenters. The van der Waals surface area contributed by atoms with Crippen molar-refractivity contribution in [2.24, 2.45) is 5.92 Å². The molecule has 0 amide bonds. The van der Waals surface area contributed by atoms with Gasteiger partial charge in [-0.05, 0) is 62.3 Å². The third-order valence-corrected chi connectivity index (χ3v) is 5.60. The van der Waals surface area contributed by atoms with Crippen molar-refractivity contribution in [3.63, 3.8) is 0 Å². The molecule has 2 heterocycles. The number of β-amino-alcohol motifs (C(OH)–C–C–N with tert-alkyl or cyclic N) is 1. The van der Waals surface area contributed by atoms with Crippen LogP contribution in [0, 0.1) is 5.92 Å². The van der Waals surface area contributed by atoms with E-state index in [4.69, 9.17) is 9.15 Å². The van der Waals surface area contributed by atoms with Gasteiger partial charge in [-0.2, -0.15) is 0 Å². The van der Waals surface area contributed by atoms with Crippen molar-refractivity contribution in [3.8, 4) is 5.75 Å². The molecule has 0 spiro atoms. The Morgan fingerprint density at radius 3 is 3.00 bits per heavy atom.